The minimum Gasteiger partial charge on any atom is -0.262 e. The molecule has 3 heteroatoms. The third kappa shape index (κ3) is 2.96. The minimum atomic E-state index is -0.317. The van der Waals surface area contributed by atoms with Gasteiger partial charge in [-0.1, -0.05) is 13.8 Å². The average molecular weight is 202 g/mol. The van der Waals surface area contributed by atoms with E-state index in [1.807, 2.05) is 0 Å². The summed E-state index contributed by atoms with van der Waals surface area (Å²) in [4.78, 5) is 3.67. The zero-order valence-corrected chi connectivity index (χ0v) is 8.55. The quantitative estimate of drug-likeness (QED) is 0.682. The molecule has 0 bridgehead atoms. The maximum absolute atomic E-state index is 13.1. The van der Waals surface area contributed by atoms with E-state index in [1.54, 1.807) is 12.3 Å². The SMILES string of the molecule is CC(C)CC(Cl)c1ccncc1F. The standard InChI is InChI=1S/C10H13ClFN/c1-7(2)5-9(11)8-3-4-13-6-10(8)12/h3-4,6-7,9H,5H2,1-2H3. The summed E-state index contributed by atoms with van der Waals surface area (Å²) in [5.41, 5.74) is 0.547. The number of nitrogens with zero attached hydrogens (tertiary/aromatic N) is 1. The Morgan fingerprint density at radius 2 is 2.23 bits per heavy atom. The predicted molar refractivity (Wildman–Crippen MR) is 52.2 cm³/mol. The van der Waals surface area contributed by atoms with E-state index >= 15 is 0 Å². The molecular weight excluding hydrogens is 189 g/mol. The minimum absolute atomic E-state index is 0.247. The Labute approximate surface area is 82.9 Å². The molecule has 0 radical (unpaired) electrons. The van der Waals surface area contributed by atoms with Gasteiger partial charge in [0.15, 0.2) is 0 Å². The second-order valence-corrected chi connectivity index (χ2v) is 4.02. The summed E-state index contributed by atoms with van der Waals surface area (Å²) >= 11 is 6.04. The van der Waals surface area contributed by atoms with Gasteiger partial charge in [-0.25, -0.2) is 4.39 Å². The highest BCUT2D eigenvalue weighted by atomic mass is 35.5. The molecule has 1 heterocycles. The van der Waals surface area contributed by atoms with Crippen molar-refractivity contribution in [2.24, 2.45) is 5.92 Å². The first-order valence-corrected chi connectivity index (χ1v) is 4.78. The maximum Gasteiger partial charge on any atom is 0.146 e. The van der Waals surface area contributed by atoms with Crippen LogP contribution in [0.25, 0.3) is 0 Å². The van der Waals surface area contributed by atoms with Gasteiger partial charge in [-0.05, 0) is 18.4 Å². The average Bonchev–Trinajstić information content (AvgIpc) is 2.03. The van der Waals surface area contributed by atoms with Gasteiger partial charge >= 0.3 is 0 Å². The molecule has 13 heavy (non-hydrogen) atoms. The van der Waals surface area contributed by atoms with Crippen LogP contribution in [0.5, 0.6) is 0 Å². The molecule has 0 aromatic carbocycles. The van der Waals surface area contributed by atoms with Crippen molar-refractivity contribution in [3.8, 4) is 0 Å². The van der Waals surface area contributed by atoms with Gasteiger partial charge in [0.25, 0.3) is 0 Å². The van der Waals surface area contributed by atoms with Crippen LogP contribution in [-0.2, 0) is 0 Å². The van der Waals surface area contributed by atoms with E-state index in [0.717, 1.165) is 6.42 Å². The van der Waals surface area contributed by atoms with Crippen LogP contribution in [0.15, 0.2) is 18.5 Å². The molecule has 1 aromatic heterocycles. The molecular formula is C10H13ClFN. The number of rotatable bonds is 3. The summed E-state index contributed by atoms with van der Waals surface area (Å²) in [6.07, 6.45) is 3.54. The lowest BCUT2D eigenvalue weighted by Gasteiger charge is -2.12. The van der Waals surface area contributed by atoms with Gasteiger partial charge in [0, 0.05) is 11.8 Å². The largest absolute Gasteiger partial charge is 0.262 e. The Bertz CT molecular complexity index is 275. The van der Waals surface area contributed by atoms with Crippen molar-refractivity contribution in [3.05, 3.63) is 29.8 Å². The summed E-state index contributed by atoms with van der Waals surface area (Å²) in [5.74, 6) is 0.151. The van der Waals surface area contributed by atoms with Crippen molar-refractivity contribution in [2.75, 3.05) is 0 Å². The zero-order chi connectivity index (χ0) is 9.84. The summed E-state index contributed by atoms with van der Waals surface area (Å²) in [6.45, 7) is 4.13. The molecule has 1 rings (SSSR count). The number of alkyl halides is 1. The number of pyridine rings is 1. The van der Waals surface area contributed by atoms with E-state index in [-0.39, 0.29) is 11.2 Å². The Morgan fingerprint density at radius 1 is 1.54 bits per heavy atom. The number of halogens is 2. The zero-order valence-electron chi connectivity index (χ0n) is 7.80. The van der Waals surface area contributed by atoms with Gasteiger partial charge in [-0.15, -0.1) is 11.6 Å². The molecule has 1 atom stereocenters. The third-order valence-corrected chi connectivity index (χ3v) is 2.23. The molecule has 1 aromatic rings. The first-order chi connectivity index (χ1) is 6.11. The molecule has 1 unspecified atom stereocenters. The van der Waals surface area contributed by atoms with Gasteiger partial charge in [0.1, 0.15) is 5.82 Å². The smallest absolute Gasteiger partial charge is 0.146 e. The lowest BCUT2D eigenvalue weighted by molar-refractivity contribution is 0.545. The van der Waals surface area contributed by atoms with Crippen molar-refractivity contribution < 1.29 is 4.39 Å². The summed E-state index contributed by atoms with van der Waals surface area (Å²) in [6, 6.07) is 1.63. The van der Waals surface area contributed by atoms with Crippen molar-refractivity contribution >= 4 is 11.6 Å². The Morgan fingerprint density at radius 3 is 2.77 bits per heavy atom. The Kier molecular flexibility index (Phi) is 3.67. The van der Waals surface area contributed by atoms with Crippen LogP contribution in [0.2, 0.25) is 0 Å². The molecule has 0 saturated heterocycles. The van der Waals surface area contributed by atoms with Gasteiger partial charge in [-0.3, -0.25) is 4.98 Å². The van der Waals surface area contributed by atoms with Crippen LogP contribution in [-0.4, -0.2) is 4.98 Å². The van der Waals surface area contributed by atoms with Crippen LogP contribution in [0, 0.1) is 11.7 Å². The molecule has 0 saturated carbocycles. The van der Waals surface area contributed by atoms with E-state index in [1.165, 1.54) is 6.20 Å². The molecule has 0 fully saturated rings. The fourth-order valence-electron chi connectivity index (χ4n) is 1.18. The molecule has 0 aliphatic carbocycles. The van der Waals surface area contributed by atoms with Gasteiger partial charge in [0.2, 0.25) is 0 Å². The highest BCUT2D eigenvalue weighted by molar-refractivity contribution is 6.20. The molecule has 0 aliphatic rings. The lowest BCUT2D eigenvalue weighted by atomic mass is 10.0. The first-order valence-electron chi connectivity index (χ1n) is 4.34. The maximum atomic E-state index is 13.1. The lowest BCUT2D eigenvalue weighted by Crippen LogP contribution is -1.99. The summed E-state index contributed by atoms with van der Waals surface area (Å²) in [7, 11) is 0. The fourth-order valence-corrected chi connectivity index (χ4v) is 1.71. The molecule has 72 valence electrons. The Hall–Kier alpha value is -0.630. The number of hydrogen-bond acceptors (Lipinski definition) is 1. The monoisotopic (exact) mass is 201 g/mol. The van der Waals surface area contributed by atoms with Crippen LogP contribution in [0.4, 0.5) is 4.39 Å². The fraction of sp³-hybridized carbons (Fsp3) is 0.500. The molecule has 0 spiro atoms. The third-order valence-electron chi connectivity index (χ3n) is 1.82. The highest BCUT2D eigenvalue weighted by Crippen LogP contribution is 2.28. The second kappa shape index (κ2) is 4.56. The van der Waals surface area contributed by atoms with Crippen LogP contribution < -0.4 is 0 Å². The molecule has 0 aliphatic heterocycles. The van der Waals surface area contributed by atoms with Gasteiger partial charge in [-0.2, -0.15) is 0 Å². The highest BCUT2D eigenvalue weighted by Gasteiger charge is 2.13. The molecule has 0 N–H and O–H groups in total. The van der Waals surface area contributed by atoms with Crippen molar-refractivity contribution in [3.63, 3.8) is 0 Å². The second-order valence-electron chi connectivity index (χ2n) is 3.49. The van der Waals surface area contributed by atoms with E-state index in [9.17, 15) is 4.39 Å². The van der Waals surface area contributed by atoms with Crippen LogP contribution in [0.3, 0.4) is 0 Å². The van der Waals surface area contributed by atoms with E-state index < -0.39 is 0 Å². The number of hydrogen-bond donors (Lipinski definition) is 0. The van der Waals surface area contributed by atoms with Gasteiger partial charge < -0.3 is 0 Å². The van der Waals surface area contributed by atoms with Crippen LogP contribution >= 0.6 is 11.6 Å². The van der Waals surface area contributed by atoms with Crippen molar-refractivity contribution in [2.45, 2.75) is 25.6 Å². The van der Waals surface area contributed by atoms with E-state index in [0.29, 0.717) is 11.5 Å². The topological polar surface area (TPSA) is 12.9 Å². The van der Waals surface area contributed by atoms with E-state index in [4.69, 9.17) is 11.6 Å². The van der Waals surface area contributed by atoms with Gasteiger partial charge in [0.05, 0.1) is 11.6 Å². The van der Waals surface area contributed by atoms with E-state index in [2.05, 4.69) is 18.8 Å². The van der Waals surface area contributed by atoms with Crippen molar-refractivity contribution in [1.82, 2.24) is 4.98 Å². The summed E-state index contributed by atoms with van der Waals surface area (Å²) in [5, 5.41) is -0.247. The summed E-state index contributed by atoms with van der Waals surface area (Å²) < 4.78 is 13.1. The Balaban J connectivity index is 2.76. The van der Waals surface area contributed by atoms with Crippen LogP contribution in [0.1, 0.15) is 31.2 Å². The normalized spacial score (nSPS) is 13.3. The molecule has 1 nitrogen and oxygen atoms in total. The first kappa shape index (κ1) is 10.5. The van der Waals surface area contributed by atoms with Crippen molar-refractivity contribution in [1.29, 1.82) is 0 Å². The number of aromatic nitrogens is 1. The predicted octanol–water partition coefficient (Wildman–Crippen LogP) is 3.55. The molecule has 0 amide bonds.